The van der Waals surface area contributed by atoms with Crippen molar-refractivity contribution in [2.75, 3.05) is 70.6 Å². The molecule has 3 saturated heterocycles. The van der Waals surface area contributed by atoms with Crippen molar-refractivity contribution in [1.82, 2.24) is 14.7 Å². The number of fused-ring (bicyclic) bond motifs is 2. The van der Waals surface area contributed by atoms with Gasteiger partial charge in [0, 0.05) is 50.2 Å². The molecule has 1 N–H and O–H groups in total. The molecule has 2 aromatic rings. The highest BCUT2D eigenvalue weighted by atomic mass is 32.2. The molecule has 248 valence electrons. The van der Waals surface area contributed by atoms with Gasteiger partial charge in [-0.15, -0.1) is 11.8 Å². The van der Waals surface area contributed by atoms with Gasteiger partial charge in [-0.1, -0.05) is 54.6 Å². The van der Waals surface area contributed by atoms with Crippen LogP contribution in [0.1, 0.15) is 18.5 Å². The number of amides is 3. The number of anilines is 1. The molecule has 5 aliphatic rings. The third kappa shape index (κ3) is 5.67. The van der Waals surface area contributed by atoms with E-state index in [0.717, 1.165) is 30.1 Å². The minimum absolute atomic E-state index is 0.137. The predicted molar refractivity (Wildman–Crippen MR) is 180 cm³/mol. The lowest BCUT2D eigenvalue weighted by molar-refractivity contribution is -0.145. The van der Waals surface area contributed by atoms with Crippen molar-refractivity contribution in [3.63, 3.8) is 0 Å². The van der Waals surface area contributed by atoms with E-state index in [1.807, 2.05) is 90.7 Å². The van der Waals surface area contributed by atoms with E-state index in [0.29, 0.717) is 46.0 Å². The first kappa shape index (κ1) is 31.9. The van der Waals surface area contributed by atoms with Crippen LogP contribution >= 0.6 is 11.8 Å². The number of aliphatic hydroxyl groups excluding tert-OH is 1. The monoisotopic (exact) mass is 658 g/mol. The Kier molecular flexibility index (Phi) is 9.15. The summed E-state index contributed by atoms with van der Waals surface area (Å²) in [5.74, 6) is -1.28. The second-order valence-electron chi connectivity index (χ2n) is 12.6. The number of likely N-dealkylation sites (tertiary alicyclic amines) is 1. The average molecular weight is 659 g/mol. The number of carbonyl (C=O) groups excluding carboxylic acids is 3. The molecule has 11 heteroatoms. The highest BCUT2D eigenvalue weighted by molar-refractivity contribution is 8.02. The first-order valence-electron chi connectivity index (χ1n) is 16.6. The summed E-state index contributed by atoms with van der Waals surface area (Å²) < 4.78 is 10.2. The van der Waals surface area contributed by atoms with Crippen LogP contribution in [0.3, 0.4) is 0 Å². The Morgan fingerprint density at radius 2 is 1.72 bits per heavy atom. The highest BCUT2D eigenvalue weighted by Crippen LogP contribution is 2.62. The standard InChI is InChI=1S/C36H42N4O6S/c1-2-46-27-13-11-26(12-14-27)39-17-6-10-29-30(33(39)42)31-34(43)40(28(24-41)25-8-4-3-5-9-25)32-35(44)38(16-7-15-36(31,32)47-29)19-18-37-20-22-45-23-21-37/h3-15,28-32,41H,2,16-24H2,1H3/t28-,29+,30-,31+,32?,36+/m1/s1. The maximum atomic E-state index is 14.9. The lowest BCUT2D eigenvalue weighted by atomic mass is 9.78. The Morgan fingerprint density at radius 3 is 2.45 bits per heavy atom. The van der Waals surface area contributed by atoms with E-state index in [-0.39, 0.29) is 29.6 Å². The number of benzene rings is 2. The van der Waals surface area contributed by atoms with Gasteiger partial charge in [0.1, 0.15) is 11.8 Å². The van der Waals surface area contributed by atoms with Crippen molar-refractivity contribution < 1.29 is 29.0 Å². The Hall–Kier alpha value is -3.64. The van der Waals surface area contributed by atoms with E-state index >= 15 is 0 Å². The van der Waals surface area contributed by atoms with E-state index in [4.69, 9.17) is 9.47 Å². The summed E-state index contributed by atoms with van der Waals surface area (Å²) in [6, 6.07) is 15.2. The number of carbonyl (C=O) groups is 3. The Bertz CT molecular complexity index is 1530. The molecule has 1 spiro atoms. The molecule has 0 radical (unpaired) electrons. The summed E-state index contributed by atoms with van der Waals surface area (Å²) in [6.45, 7) is 7.13. The van der Waals surface area contributed by atoms with Gasteiger partial charge in [-0.2, -0.15) is 0 Å². The van der Waals surface area contributed by atoms with Gasteiger partial charge < -0.3 is 29.3 Å². The minimum atomic E-state index is -0.971. The zero-order valence-electron chi connectivity index (χ0n) is 26.6. The predicted octanol–water partition coefficient (Wildman–Crippen LogP) is 2.75. The van der Waals surface area contributed by atoms with Crippen molar-refractivity contribution in [2.24, 2.45) is 11.8 Å². The third-order valence-electron chi connectivity index (χ3n) is 10.1. The zero-order valence-corrected chi connectivity index (χ0v) is 27.5. The first-order valence-corrected chi connectivity index (χ1v) is 17.5. The maximum absolute atomic E-state index is 14.9. The fourth-order valence-electron chi connectivity index (χ4n) is 7.90. The number of thioether (sulfide) groups is 1. The molecule has 3 amide bonds. The fraction of sp³-hybridized carbons (Fsp3) is 0.472. The van der Waals surface area contributed by atoms with Crippen molar-refractivity contribution in [3.8, 4) is 5.75 Å². The molecule has 5 heterocycles. The van der Waals surface area contributed by atoms with E-state index in [1.165, 1.54) is 0 Å². The zero-order chi connectivity index (χ0) is 32.5. The van der Waals surface area contributed by atoms with Gasteiger partial charge in [0.25, 0.3) is 0 Å². The molecule has 0 aliphatic carbocycles. The number of aliphatic hydroxyl groups is 1. The SMILES string of the molecule is CCOc1ccc(N2CC=C[C@@H]3S[C@]45C=CCN(CCN6CCOCC6)C(=O)C4N([C@H](CO)c4ccccc4)C(=O)[C@@H]5[C@@H]3C2=O)cc1. The van der Waals surface area contributed by atoms with Crippen molar-refractivity contribution in [1.29, 1.82) is 0 Å². The fourth-order valence-corrected chi connectivity index (χ4v) is 9.89. The van der Waals surface area contributed by atoms with Crippen LogP contribution in [-0.4, -0.2) is 119 Å². The molecule has 6 atom stereocenters. The van der Waals surface area contributed by atoms with Crippen molar-refractivity contribution in [3.05, 3.63) is 84.5 Å². The summed E-state index contributed by atoms with van der Waals surface area (Å²) in [7, 11) is 0. The molecule has 7 rings (SSSR count). The van der Waals surface area contributed by atoms with Crippen LogP contribution in [0.5, 0.6) is 5.75 Å². The van der Waals surface area contributed by atoms with Crippen LogP contribution in [0, 0.1) is 11.8 Å². The number of nitrogens with zero attached hydrogens (tertiary/aromatic N) is 4. The summed E-state index contributed by atoms with van der Waals surface area (Å²) in [5.41, 5.74) is 1.48. The number of hydrogen-bond acceptors (Lipinski definition) is 8. The topological polar surface area (TPSA) is 103 Å². The van der Waals surface area contributed by atoms with E-state index in [1.54, 1.807) is 21.6 Å². The van der Waals surface area contributed by atoms with E-state index < -0.39 is 28.7 Å². The second kappa shape index (κ2) is 13.5. The first-order chi connectivity index (χ1) is 23.0. The van der Waals surface area contributed by atoms with Gasteiger partial charge >= 0.3 is 0 Å². The lowest BCUT2D eigenvalue weighted by Gasteiger charge is -2.39. The molecule has 3 fully saturated rings. The molecule has 0 aromatic heterocycles. The minimum Gasteiger partial charge on any atom is -0.494 e. The molecule has 2 aromatic carbocycles. The lowest BCUT2D eigenvalue weighted by Crippen LogP contribution is -2.55. The third-order valence-corrected chi connectivity index (χ3v) is 11.9. The number of ether oxygens (including phenoxy) is 2. The molecule has 0 bridgehead atoms. The summed E-state index contributed by atoms with van der Waals surface area (Å²) >= 11 is 1.56. The van der Waals surface area contributed by atoms with Crippen LogP contribution in [0.2, 0.25) is 0 Å². The molecular weight excluding hydrogens is 616 g/mol. The summed E-state index contributed by atoms with van der Waals surface area (Å²) in [5, 5.41) is 10.5. The van der Waals surface area contributed by atoms with Crippen molar-refractivity contribution in [2.45, 2.75) is 29.0 Å². The van der Waals surface area contributed by atoms with Gasteiger partial charge in [0.15, 0.2) is 0 Å². The normalized spacial score (nSPS) is 29.7. The van der Waals surface area contributed by atoms with E-state index in [2.05, 4.69) is 4.90 Å². The van der Waals surface area contributed by atoms with Crippen molar-refractivity contribution >= 4 is 35.2 Å². The summed E-state index contributed by atoms with van der Waals surface area (Å²) in [4.78, 5) is 51.8. The maximum Gasteiger partial charge on any atom is 0.247 e. The van der Waals surface area contributed by atoms with Gasteiger partial charge in [-0.25, -0.2) is 0 Å². The van der Waals surface area contributed by atoms with Gasteiger partial charge in [-0.05, 0) is 36.8 Å². The smallest absolute Gasteiger partial charge is 0.247 e. The number of hydrogen-bond donors (Lipinski definition) is 1. The van der Waals surface area contributed by atoms with Crippen LogP contribution in [0.25, 0.3) is 0 Å². The van der Waals surface area contributed by atoms with Crippen LogP contribution < -0.4 is 9.64 Å². The highest BCUT2D eigenvalue weighted by Gasteiger charge is 2.72. The molecule has 0 saturated carbocycles. The molecule has 5 aliphatic heterocycles. The Morgan fingerprint density at radius 1 is 0.957 bits per heavy atom. The molecule has 10 nitrogen and oxygen atoms in total. The van der Waals surface area contributed by atoms with E-state index in [9.17, 15) is 19.5 Å². The molecule has 1 unspecified atom stereocenters. The largest absolute Gasteiger partial charge is 0.494 e. The number of morpholine rings is 1. The van der Waals surface area contributed by atoms with Gasteiger partial charge in [0.2, 0.25) is 17.7 Å². The quantitative estimate of drug-likeness (QED) is 0.411. The Labute approximate surface area is 280 Å². The number of rotatable bonds is 9. The summed E-state index contributed by atoms with van der Waals surface area (Å²) in [6.07, 6.45) is 8.09. The second-order valence-corrected chi connectivity index (χ2v) is 14.1. The Balaban J connectivity index is 1.26. The van der Waals surface area contributed by atoms with Gasteiger partial charge in [-0.3, -0.25) is 19.3 Å². The molecule has 47 heavy (non-hydrogen) atoms. The van der Waals surface area contributed by atoms with Gasteiger partial charge in [0.05, 0.1) is 49.1 Å². The average Bonchev–Trinajstić information content (AvgIpc) is 3.42. The van der Waals surface area contributed by atoms with Crippen LogP contribution in [0.4, 0.5) is 5.69 Å². The van der Waals surface area contributed by atoms with Crippen LogP contribution in [-0.2, 0) is 19.1 Å². The molecular formula is C36H42N4O6S. The van der Waals surface area contributed by atoms with Crippen LogP contribution in [0.15, 0.2) is 78.9 Å².